The number of carbonyl (C=O) groups excluding carboxylic acids is 6. The molecule has 7 atom stereocenters. The van der Waals surface area contributed by atoms with Gasteiger partial charge < -0.3 is 58.5 Å². The van der Waals surface area contributed by atoms with E-state index in [0.29, 0.717) is 37.1 Å². The van der Waals surface area contributed by atoms with Crippen molar-refractivity contribution in [3.05, 3.63) is 29.8 Å². The maximum absolute atomic E-state index is 13.8. The van der Waals surface area contributed by atoms with Crippen LogP contribution in [0.4, 0.5) is 0 Å². The number of carboxylic acid groups (broad SMARTS) is 1. The Hall–Kier alpha value is -5.11. The number of likely N-dealkylation sites (tertiary alicyclic amines) is 1. The second kappa shape index (κ2) is 24.0. The number of aromatic hydroxyl groups is 1. The number of amides is 6. The van der Waals surface area contributed by atoms with Crippen LogP contribution >= 0.6 is 11.8 Å². The van der Waals surface area contributed by atoms with Crippen molar-refractivity contribution in [1.82, 2.24) is 36.8 Å². The molecule has 0 radical (unpaired) electrons. The Bertz CT molecular complexity index is 1600. The van der Waals surface area contributed by atoms with E-state index in [1.807, 2.05) is 6.26 Å². The lowest BCUT2D eigenvalue weighted by atomic mass is 10.00. The summed E-state index contributed by atoms with van der Waals surface area (Å²) in [5.74, 6) is -5.63. The van der Waals surface area contributed by atoms with Gasteiger partial charge in [0.05, 0.1) is 6.04 Å². The Labute approximate surface area is 343 Å². The molecule has 1 saturated heterocycles. The van der Waals surface area contributed by atoms with Gasteiger partial charge >= 0.3 is 5.97 Å². The van der Waals surface area contributed by atoms with Crippen LogP contribution in [0.25, 0.3) is 0 Å². The second-order valence-electron chi connectivity index (χ2n) is 15.1. The molecule has 20 heteroatoms. The third-order valence-electron chi connectivity index (χ3n) is 9.64. The van der Waals surface area contributed by atoms with Crippen LogP contribution in [-0.4, -0.2) is 130 Å². The number of benzene rings is 1. The minimum Gasteiger partial charge on any atom is -0.508 e. The van der Waals surface area contributed by atoms with Gasteiger partial charge in [-0.25, -0.2) is 4.79 Å². The van der Waals surface area contributed by atoms with E-state index in [4.69, 9.17) is 16.9 Å². The maximum Gasteiger partial charge on any atom is 0.326 e. The number of phenols is 1. The number of nitrogens with one attached hydrogen (secondary N) is 7. The molecular formula is C38H62N10O9S. The summed E-state index contributed by atoms with van der Waals surface area (Å²) in [5, 5.41) is 42.4. The molecule has 0 spiro atoms. The van der Waals surface area contributed by atoms with Crippen LogP contribution in [0.3, 0.4) is 0 Å². The van der Waals surface area contributed by atoms with Crippen LogP contribution in [0.15, 0.2) is 24.3 Å². The van der Waals surface area contributed by atoms with Crippen LogP contribution in [-0.2, 0) is 40.0 Å². The van der Waals surface area contributed by atoms with E-state index in [1.54, 1.807) is 39.5 Å². The van der Waals surface area contributed by atoms with E-state index in [9.17, 15) is 43.8 Å². The first-order chi connectivity index (χ1) is 27.3. The largest absolute Gasteiger partial charge is 0.508 e. The van der Waals surface area contributed by atoms with Crippen molar-refractivity contribution in [3.8, 4) is 5.75 Å². The van der Waals surface area contributed by atoms with Gasteiger partial charge in [0.25, 0.3) is 0 Å². The zero-order valence-electron chi connectivity index (χ0n) is 34.1. The van der Waals surface area contributed by atoms with E-state index in [0.717, 1.165) is 0 Å². The number of rotatable bonds is 23. The highest BCUT2D eigenvalue weighted by Crippen LogP contribution is 2.20. The molecule has 1 fully saturated rings. The van der Waals surface area contributed by atoms with Crippen molar-refractivity contribution in [2.24, 2.45) is 23.3 Å². The third kappa shape index (κ3) is 15.7. The number of carbonyl (C=O) groups is 7. The lowest BCUT2D eigenvalue weighted by Crippen LogP contribution is -2.60. The van der Waals surface area contributed by atoms with Crippen molar-refractivity contribution in [1.29, 1.82) is 5.41 Å². The standard InChI is InChI=1S/C38H62N10O9S/c1-20(2)29(47-33(52)28-10-8-17-48(28)36(55)25(39)15-18-58-6)34(53)43-22(5)31(50)46-30(21(3)4)35(54)45-27(19-23-11-13-24(49)14-12-23)32(51)44-26(37(56)57)9-7-16-42-38(40)41/h11-14,20-22,25-30,49H,7-10,15-19,39H2,1-6H3,(H,43,53)(H,44,51)(H,45,54)(H,46,50)(H,47,52)(H,56,57)(H4,40,41,42)/t22-,25-,26-,27-,28-,29-,30-/m0/s1. The molecule has 58 heavy (non-hydrogen) atoms. The number of aliphatic carboxylic acids is 1. The molecule has 324 valence electrons. The first-order valence-corrected chi connectivity index (χ1v) is 20.8. The van der Waals surface area contributed by atoms with E-state index in [2.05, 4.69) is 31.9 Å². The van der Waals surface area contributed by atoms with E-state index in [-0.39, 0.29) is 43.4 Å². The van der Waals surface area contributed by atoms with Gasteiger partial charge in [0, 0.05) is 19.5 Å². The Morgan fingerprint density at radius 2 is 1.43 bits per heavy atom. The number of thioether (sulfide) groups is 1. The third-order valence-corrected chi connectivity index (χ3v) is 10.3. The lowest BCUT2D eigenvalue weighted by molar-refractivity contribution is -0.142. The highest BCUT2D eigenvalue weighted by atomic mass is 32.2. The van der Waals surface area contributed by atoms with Gasteiger partial charge in [0.2, 0.25) is 35.4 Å². The summed E-state index contributed by atoms with van der Waals surface area (Å²) in [7, 11) is 0. The average Bonchev–Trinajstić information content (AvgIpc) is 3.65. The summed E-state index contributed by atoms with van der Waals surface area (Å²) in [6, 6.07) is -1.76. The Balaban J connectivity index is 2.16. The van der Waals surface area contributed by atoms with Crippen molar-refractivity contribution in [3.63, 3.8) is 0 Å². The van der Waals surface area contributed by atoms with Gasteiger partial charge in [-0.15, -0.1) is 0 Å². The van der Waals surface area contributed by atoms with Crippen LogP contribution in [0.5, 0.6) is 5.75 Å². The lowest BCUT2D eigenvalue weighted by Gasteiger charge is -2.30. The molecule has 0 bridgehead atoms. The fourth-order valence-electron chi connectivity index (χ4n) is 6.25. The summed E-state index contributed by atoms with van der Waals surface area (Å²) in [6.07, 6.45) is 3.53. The van der Waals surface area contributed by atoms with Gasteiger partial charge in [-0.1, -0.05) is 39.8 Å². The fraction of sp³-hybridized carbons (Fsp3) is 0.632. The summed E-state index contributed by atoms with van der Waals surface area (Å²) in [5.41, 5.74) is 11.9. The molecule has 1 aliphatic heterocycles. The Morgan fingerprint density at radius 3 is 2.00 bits per heavy atom. The van der Waals surface area contributed by atoms with E-state index in [1.165, 1.54) is 36.1 Å². The smallest absolute Gasteiger partial charge is 0.326 e. The van der Waals surface area contributed by atoms with Crippen molar-refractivity contribution < 1.29 is 43.8 Å². The number of guanidine groups is 1. The SMILES string of the molecule is CSCC[C@H](N)C(=O)N1CCC[C@H]1C(=O)N[C@H](C(=O)N[C@@H](C)C(=O)N[C@H](C(=O)N[C@@H](Cc1ccc(O)cc1)C(=O)N[C@@H](CCCNC(=N)N)C(=O)O)C(C)C)C(C)C. The first kappa shape index (κ1) is 49.0. The Kier molecular flexibility index (Phi) is 20.3. The van der Waals surface area contributed by atoms with E-state index < -0.39 is 89.6 Å². The number of nitrogens with zero attached hydrogens (tertiary/aromatic N) is 1. The molecule has 13 N–H and O–H groups in total. The second-order valence-corrected chi connectivity index (χ2v) is 16.1. The first-order valence-electron chi connectivity index (χ1n) is 19.4. The predicted molar refractivity (Wildman–Crippen MR) is 219 cm³/mol. The molecule has 1 aromatic rings. The summed E-state index contributed by atoms with van der Waals surface area (Å²) >= 11 is 1.56. The predicted octanol–water partition coefficient (Wildman–Crippen LogP) is -0.890. The van der Waals surface area contributed by atoms with Gasteiger partial charge in [-0.2, -0.15) is 11.8 Å². The molecule has 6 amide bonds. The normalized spacial score (nSPS) is 16.9. The van der Waals surface area contributed by atoms with Crippen molar-refractivity contribution in [2.45, 2.75) is 115 Å². The number of nitrogens with two attached hydrogens (primary N) is 2. The maximum atomic E-state index is 13.8. The minimum absolute atomic E-state index is 0.0112. The van der Waals surface area contributed by atoms with Crippen LogP contribution in [0, 0.1) is 17.2 Å². The number of hydrogen-bond acceptors (Lipinski definition) is 11. The molecule has 1 heterocycles. The van der Waals surface area contributed by atoms with Crippen LogP contribution in [0.1, 0.15) is 72.3 Å². The number of carboxylic acids is 1. The summed E-state index contributed by atoms with van der Waals surface area (Å²) < 4.78 is 0. The van der Waals surface area contributed by atoms with Crippen LogP contribution < -0.4 is 43.4 Å². The summed E-state index contributed by atoms with van der Waals surface area (Å²) in [4.78, 5) is 94.2. The molecule has 2 rings (SSSR count). The van der Waals surface area contributed by atoms with Gasteiger partial charge in [0.15, 0.2) is 5.96 Å². The molecule has 19 nitrogen and oxygen atoms in total. The minimum atomic E-state index is -1.34. The quantitative estimate of drug-likeness (QED) is 0.0363. The summed E-state index contributed by atoms with van der Waals surface area (Å²) in [6.45, 7) is 8.74. The molecule has 1 aliphatic rings. The highest BCUT2D eigenvalue weighted by Gasteiger charge is 2.39. The molecular weight excluding hydrogens is 773 g/mol. The molecule has 1 aromatic carbocycles. The molecule has 0 aliphatic carbocycles. The molecule has 0 unspecified atom stereocenters. The average molecular weight is 835 g/mol. The van der Waals surface area contributed by atoms with Gasteiger partial charge in [0.1, 0.15) is 42.0 Å². The van der Waals surface area contributed by atoms with Gasteiger partial charge in [-0.05, 0) is 80.6 Å². The zero-order valence-corrected chi connectivity index (χ0v) is 34.9. The van der Waals surface area contributed by atoms with Crippen molar-refractivity contribution in [2.75, 3.05) is 25.1 Å². The molecule has 0 aromatic heterocycles. The van der Waals surface area contributed by atoms with Crippen LogP contribution in [0.2, 0.25) is 0 Å². The highest BCUT2D eigenvalue weighted by molar-refractivity contribution is 7.98. The monoisotopic (exact) mass is 834 g/mol. The number of phenolic OH excluding ortho intramolecular Hbond substituents is 1. The van der Waals surface area contributed by atoms with E-state index >= 15 is 0 Å². The van der Waals surface area contributed by atoms with Gasteiger partial charge in [-0.3, -0.25) is 34.2 Å². The topological polar surface area (TPSA) is 311 Å². The Morgan fingerprint density at radius 1 is 0.845 bits per heavy atom. The molecule has 0 saturated carbocycles. The number of hydrogen-bond donors (Lipinski definition) is 11. The van der Waals surface area contributed by atoms with Crippen molar-refractivity contribution >= 4 is 59.1 Å². The zero-order chi connectivity index (χ0) is 43.7. The fourth-order valence-corrected chi connectivity index (χ4v) is 6.74.